The number of hydrogen-bond acceptors (Lipinski definition) is 2. The van der Waals surface area contributed by atoms with Crippen molar-refractivity contribution in [2.24, 2.45) is 0 Å². The highest BCUT2D eigenvalue weighted by Crippen LogP contribution is 2.25. The SMILES string of the molecule is C=CC/C(CCCCCC)=C(/CCOC)C(O)CCCCCC. The summed E-state index contributed by atoms with van der Waals surface area (Å²) in [4.78, 5) is 0. The predicted octanol–water partition coefficient (Wildman–Crippen LogP) is 6.20. The first kappa shape index (κ1) is 22.4. The zero-order valence-electron chi connectivity index (χ0n) is 15.9. The molecule has 1 atom stereocenters. The minimum atomic E-state index is -0.303. The highest BCUT2D eigenvalue weighted by atomic mass is 16.5. The molecule has 1 N–H and O–H groups in total. The van der Waals surface area contributed by atoms with Gasteiger partial charge in [0.05, 0.1) is 12.7 Å². The molecule has 0 spiro atoms. The van der Waals surface area contributed by atoms with Gasteiger partial charge in [0.1, 0.15) is 0 Å². The second-order valence-corrected chi connectivity index (χ2v) is 6.54. The Labute approximate surface area is 145 Å². The molecule has 1 unspecified atom stereocenters. The summed E-state index contributed by atoms with van der Waals surface area (Å²) in [6.07, 6.45) is 15.3. The molecule has 2 heteroatoms. The molecule has 2 nitrogen and oxygen atoms in total. The van der Waals surface area contributed by atoms with Gasteiger partial charge in [0.15, 0.2) is 0 Å². The minimum Gasteiger partial charge on any atom is -0.389 e. The first-order valence-electron chi connectivity index (χ1n) is 9.69. The van der Waals surface area contributed by atoms with Crippen molar-refractivity contribution in [2.75, 3.05) is 13.7 Å². The number of allylic oxidation sites excluding steroid dienone is 2. The fourth-order valence-corrected chi connectivity index (χ4v) is 3.06. The van der Waals surface area contributed by atoms with E-state index in [-0.39, 0.29) is 6.10 Å². The third-order valence-electron chi connectivity index (χ3n) is 4.49. The molecule has 136 valence electrons. The Bertz CT molecular complexity index is 307. The fraction of sp³-hybridized carbons (Fsp3) is 0.810. The topological polar surface area (TPSA) is 29.5 Å². The van der Waals surface area contributed by atoms with Crippen molar-refractivity contribution < 1.29 is 9.84 Å². The van der Waals surface area contributed by atoms with Gasteiger partial charge in [0.2, 0.25) is 0 Å². The fourth-order valence-electron chi connectivity index (χ4n) is 3.06. The average molecular weight is 325 g/mol. The van der Waals surface area contributed by atoms with Crippen molar-refractivity contribution in [3.05, 3.63) is 23.8 Å². The monoisotopic (exact) mass is 324 g/mol. The quantitative estimate of drug-likeness (QED) is 0.271. The molecular formula is C21H40O2. The van der Waals surface area contributed by atoms with Crippen LogP contribution in [0.4, 0.5) is 0 Å². The Balaban J connectivity index is 4.78. The highest BCUT2D eigenvalue weighted by molar-refractivity contribution is 5.20. The van der Waals surface area contributed by atoms with E-state index in [1.165, 1.54) is 56.1 Å². The molecule has 0 aromatic rings. The van der Waals surface area contributed by atoms with Gasteiger partial charge >= 0.3 is 0 Å². The first-order chi connectivity index (χ1) is 11.2. The second-order valence-electron chi connectivity index (χ2n) is 6.54. The standard InChI is InChI=1S/C21H40O2/c1-5-8-10-12-15-19(14-7-3)20(17-18-23-4)21(22)16-13-11-9-6-2/h7,21-22H,3,5-6,8-18H2,1-2,4H3/b20-19+. The molecule has 0 aliphatic rings. The lowest BCUT2D eigenvalue weighted by Gasteiger charge is -2.20. The molecule has 0 aliphatic carbocycles. The molecule has 0 heterocycles. The molecule has 0 aromatic heterocycles. The van der Waals surface area contributed by atoms with Crippen LogP contribution >= 0.6 is 0 Å². The van der Waals surface area contributed by atoms with Crippen LogP contribution in [0, 0.1) is 0 Å². The van der Waals surface area contributed by atoms with Crippen molar-refractivity contribution >= 4 is 0 Å². The van der Waals surface area contributed by atoms with E-state index in [4.69, 9.17) is 4.74 Å². The molecule has 0 aliphatic heterocycles. The zero-order valence-corrected chi connectivity index (χ0v) is 15.9. The number of rotatable bonds is 16. The summed E-state index contributed by atoms with van der Waals surface area (Å²) >= 11 is 0. The van der Waals surface area contributed by atoms with Crippen LogP contribution in [0.5, 0.6) is 0 Å². The van der Waals surface area contributed by atoms with E-state index < -0.39 is 0 Å². The summed E-state index contributed by atoms with van der Waals surface area (Å²) in [7, 11) is 1.74. The van der Waals surface area contributed by atoms with Gasteiger partial charge in [0.25, 0.3) is 0 Å². The predicted molar refractivity (Wildman–Crippen MR) is 102 cm³/mol. The first-order valence-corrected chi connectivity index (χ1v) is 9.69. The zero-order chi connectivity index (χ0) is 17.3. The Hall–Kier alpha value is -0.600. The molecule has 0 aromatic carbocycles. The Kier molecular flexibility index (Phi) is 15.8. The van der Waals surface area contributed by atoms with Gasteiger partial charge in [-0.05, 0) is 37.7 Å². The Morgan fingerprint density at radius 2 is 1.65 bits per heavy atom. The summed E-state index contributed by atoms with van der Waals surface area (Å²) in [6, 6.07) is 0. The minimum absolute atomic E-state index is 0.303. The highest BCUT2D eigenvalue weighted by Gasteiger charge is 2.15. The Morgan fingerprint density at radius 1 is 1.00 bits per heavy atom. The van der Waals surface area contributed by atoms with E-state index in [0.29, 0.717) is 6.61 Å². The smallest absolute Gasteiger partial charge is 0.0753 e. The number of aliphatic hydroxyl groups excluding tert-OH is 1. The van der Waals surface area contributed by atoms with Crippen LogP contribution in [-0.4, -0.2) is 24.9 Å². The normalized spacial score (nSPS) is 13.7. The second kappa shape index (κ2) is 16.3. The summed E-state index contributed by atoms with van der Waals surface area (Å²) in [5.41, 5.74) is 2.62. The number of aliphatic hydroxyl groups is 1. The molecule has 0 radical (unpaired) electrons. The van der Waals surface area contributed by atoms with E-state index in [9.17, 15) is 5.11 Å². The maximum atomic E-state index is 10.7. The van der Waals surface area contributed by atoms with E-state index in [0.717, 1.165) is 32.1 Å². The van der Waals surface area contributed by atoms with Crippen LogP contribution < -0.4 is 0 Å². The van der Waals surface area contributed by atoms with Crippen LogP contribution in [0.1, 0.15) is 90.9 Å². The largest absolute Gasteiger partial charge is 0.389 e. The van der Waals surface area contributed by atoms with Crippen LogP contribution in [0.15, 0.2) is 23.8 Å². The third kappa shape index (κ3) is 11.6. The van der Waals surface area contributed by atoms with Gasteiger partial charge in [-0.3, -0.25) is 0 Å². The molecular weight excluding hydrogens is 284 g/mol. The summed E-state index contributed by atoms with van der Waals surface area (Å²) in [5.74, 6) is 0. The van der Waals surface area contributed by atoms with Gasteiger partial charge in [-0.25, -0.2) is 0 Å². The van der Waals surface area contributed by atoms with Crippen molar-refractivity contribution in [1.29, 1.82) is 0 Å². The number of unbranched alkanes of at least 4 members (excludes halogenated alkanes) is 6. The van der Waals surface area contributed by atoms with E-state index in [1.807, 2.05) is 6.08 Å². The van der Waals surface area contributed by atoms with E-state index in [1.54, 1.807) is 7.11 Å². The molecule has 0 fully saturated rings. The summed E-state index contributed by atoms with van der Waals surface area (Å²) < 4.78 is 5.27. The van der Waals surface area contributed by atoms with Crippen LogP contribution in [0.2, 0.25) is 0 Å². The number of ether oxygens (including phenoxy) is 1. The van der Waals surface area contributed by atoms with Crippen molar-refractivity contribution in [3.8, 4) is 0 Å². The number of methoxy groups -OCH3 is 1. The van der Waals surface area contributed by atoms with Gasteiger partial charge in [0, 0.05) is 7.11 Å². The van der Waals surface area contributed by atoms with Crippen LogP contribution in [-0.2, 0) is 4.74 Å². The third-order valence-corrected chi connectivity index (χ3v) is 4.49. The van der Waals surface area contributed by atoms with Crippen molar-refractivity contribution in [3.63, 3.8) is 0 Å². The maximum absolute atomic E-state index is 10.7. The lowest BCUT2D eigenvalue weighted by Crippen LogP contribution is -2.15. The molecule has 0 amide bonds. The van der Waals surface area contributed by atoms with E-state index >= 15 is 0 Å². The van der Waals surface area contributed by atoms with E-state index in [2.05, 4.69) is 20.4 Å². The van der Waals surface area contributed by atoms with Crippen LogP contribution in [0.25, 0.3) is 0 Å². The summed E-state index contributed by atoms with van der Waals surface area (Å²) in [6.45, 7) is 9.06. The van der Waals surface area contributed by atoms with Gasteiger partial charge in [-0.1, -0.05) is 70.4 Å². The van der Waals surface area contributed by atoms with Gasteiger partial charge in [-0.2, -0.15) is 0 Å². The maximum Gasteiger partial charge on any atom is 0.0753 e. The molecule has 0 saturated carbocycles. The lowest BCUT2D eigenvalue weighted by molar-refractivity contribution is 0.166. The van der Waals surface area contributed by atoms with Crippen molar-refractivity contribution in [1.82, 2.24) is 0 Å². The molecule has 0 rings (SSSR count). The van der Waals surface area contributed by atoms with Gasteiger partial charge < -0.3 is 9.84 Å². The molecule has 0 bridgehead atoms. The Morgan fingerprint density at radius 3 is 2.22 bits per heavy atom. The lowest BCUT2D eigenvalue weighted by atomic mass is 9.91. The van der Waals surface area contributed by atoms with Crippen molar-refractivity contribution in [2.45, 2.75) is 97.0 Å². The summed E-state index contributed by atoms with van der Waals surface area (Å²) in [5, 5.41) is 10.7. The van der Waals surface area contributed by atoms with Crippen LogP contribution in [0.3, 0.4) is 0 Å². The molecule has 23 heavy (non-hydrogen) atoms. The van der Waals surface area contributed by atoms with Gasteiger partial charge in [-0.15, -0.1) is 6.58 Å². The number of hydrogen-bond donors (Lipinski definition) is 1. The average Bonchev–Trinajstić information content (AvgIpc) is 2.55. The molecule has 0 saturated heterocycles.